The quantitative estimate of drug-likeness (QED) is 0.839. The standard InChI is InChI=1S/C18H29NO3/c1-17(2,3)13-10-12(16(21)19-8-9-22-7)11-14(15(13)20)18(4,5)6/h10-11,20H,8-9H2,1-7H3,(H,19,21). The molecule has 0 saturated heterocycles. The minimum absolute atomic E-state index is 0.145. The first-order chi connectivity index (χ1) is 9.98. The lowest BCUT2D eigenvalue weighted by atomic mass is 9.78. The van der Waals surface area contributed by atoms with E-state index < -0.39 is 0 Å². The first-order valence-corrected chi connectivity index (χ1v) is 7.63. The van der Waals surface area contributed by atoms with Gasteiger partial charge < -0.3 is 15.2 Å². The van der Waals surface area contributed by atoms with Crippen LogP contribution in [0, 0.1) is 0 Å². The minimum atomic E-state index is -0.243. The maximum absolute atomic E-state index is 12.3. The van der Waals surface area contributed by atoms with Crippen molar-refractivity contribution in [3.8, 4) is 5.75 Å². The van der Waals surface area contributed by atoms with E-state index in [0.717, 1.165) is 11.1 Å². The van der Waals surface area contributed by atoms with Gasteiger partial charge in [0.25, 0.3) is 5.91 Å². The van der Waals surface area contributed by atoms with E-state index >= 15 is 0 Å². The molecular formula is C18H29NO3. The average Bonchev–Trinajstić information content (AvgIpc) is 2.36. The van der Waals surface area contributed by atoms with Crippen molar-refractivity contribution in [1.29, 1.82) is 0 Å². The summed E-state index contributed by atoms with van der Waals surface area (Å²) in [5.41, 5.74) is 1.66. The third-order valence-corrected chi connectivity index (χ3v) is 3.58. The summed E-state index contributed by atoms with van der Waals surface area (Å²) in [5, 5.41) is 13.5. The van der Waals surface area contributed by atoms with Crippen LogP contribution in [0.15, 0.2) is 12.1 Å². The van der Waals surface area contributed by atoms with Crippen LogP contribution in [-0.2, 0) is 15.6 Å². The molecule has 0 saturated carbocycles. The molecular weight excluding hydrogens is 278 g/mol. The van der Waals surface area contributed by atoms with Crippen molar-refractivity contribution in [2.45, 2.75) is 52.4 Å². The predicted molar refractivity (Wildman–Crippen MR) is 89.7 cm³/mol. The fourth-order valence-corrected chi connectivity index (χ4v) is 2.28. The summed E-state index contributed by atoms with van der Waals surface area (Å²) in [6.45, 7) is 13.1. The number of carbonyl (C=O) groups excluding carboxylic acids is 1. The molecule has 0 aromatic heterocycles. The molecule has 4 heteroatoms. The average molecular weight is 307 g/mol. The number of carbonyl (C=O) groups is 1. The molecule has 2 N–H and O–H groups in total. The Morgan fingerprint density at radius 2 is 1.55 bits per heavy atom. The largest absolute Gasteiger partial charge is 0.507 e. The van der Waals surface area contributed by atoms with Gasteiger partial charge in [0, 0.05) is 30.3 Å². The fraction of sp³-hybridized carbons (Fsp3) is 0.611. The summed E-state index contributed by atoms with van der Waals surface area (Å²) >= 11 is 0. The number of hydrogen-bond acceptors (Lipinski definition) is 3. The maximum atomic E-state index is 12.3. The predicted octanol–water partition coefficient (Wildman–Crippen LogP) is 3.36. The van der Waals surface area contributed by atoms with Gasteiger partial charge in [-0.15, -0.1) is 0 Å². The molecule has 0 fully saturated rings. The van der Waals surface area contributed by atoms with Crippen LogP contribution in [-0.4, -0.2) is 31.3 Å². The first kappa shape index (κ1) is 18.5. The van der Waals surface area contributed by atoms with Gasteiger partial charge in [0.05, 0.1) is 6.61 Å². The van der Waals surface area contributed by atoms with Crippen molar-refractivity contribution in [2.75, 3.05) is 20.3 Å². The highest BCUT2D eigenvalue weighted by Crippen LogP contribution is 2.39. The first-order valence-electron chi connectivity index (χ1n) is 7.63. The van der Waals surface area contributed by atoms with E-state index in [1.807, 2.05) is 41.5 Å². The zero-order chi connectivity index (χ0) is 17.1. The van der Waals surface area contributed by atoms with E-state index in [4.69, 9.17) is 4.74 Å². The lowest BCUT2D eigenvalue weighted by Crippen LogP contribution is -2.28. The van der Waals surface area contributed by atoms with Gasteiger partial charge in [-0.25, -0.2) is 0 Å². The summed E-state index contributed by atoms with van der Waals surface area (Å²) in [4.78, 5) is 12.3. The van der Waals surface area contributed by atoms with Crippen LogP contribution in [0.5, 0.6) is 5.75 Å². The molecule has 0 unspecified atom stereocenters. The van der Waals surface area contributed by atoms with Crippen LogP contribution >= 0.6 is 0 Å². The van der Waals surface area contributed by atoms with Crippen molar-refractivity contribution in [2.24, 2.45) is 0 Å². The second-order valence-corrected chi connectivity index (χ2v) is 7.67. The van der Waals surface area contributed by atoms with E-state index in [1.165, 1.54) is 0 Å². The molecule has 1 aromatic rings. The van der Waals surface area contributed by atoms with Crippen LogP contribution in [0.25, 0.3) is 0 Å². The molecule has 0 aliphatic heterocycles. The van der Waals surface area contributed by atoms with Crippen LogP contribution in [0.2, 0.25) is 0 Å². The molecule has 0 bridgehead atoms. The Morgan fingerprint density at radius 1 is 1.09 bits per heavy atom. The Kier molecular flexibility index (Phi) is 5.63. The lowest BCUT2D eigenvalue weighted by Gasteiger charge is -2.28. The summed E-state index contributed by atoms with van der Waals surface area (Å²) in [7, 11) is 1.60. The Labute approximate surface area is 133 Å². The third kappa shape index (κ3) is 4.47. The summed E-state index contributed by atoms with van der Waals surface area (Å²) in [6.07, 6.45) is 0. The maximum Gasteiger partial charge on any atom is 0.251 e. The smallest absolute Gasteiger partial charge is 0.251 e. The number of benzene rings is 1. The minimum Gasteiger partial charge on any atom is -0.507 e. The highest BCUT2D eigenvalue weighted by atomic mass is 16.5. The second kappa shape index (κ2) is 6.69. The number of methoxy groups -OCH3 is 1. The normalized spacial score (nSPS) is 12.3. The lowest BCUT2D eigenvalue weighted by molar-refractivity contribution is 0.0937. The monoisotopic (exact) mass is 307 g/mol. The molecule has 0 aliphatic carbocycles. The highest BCUT2D eigenvalue weighted by Gasteiger charge is 2.27. The molecule has 0 heterocycles. The van der Waals surface area contributed by atoms with E-state index in [2.05, 4.69) is 5.32 Å². The Bertz CT molecular complexity index is 501. The molecule has 0 atom stereocenters. The number of rotatable bonds is 4. The van der Waals surface area contributed by atoms with Gasteiger partial charge in [0.15, 0.2) is 0 Å². The van der Waals surface area contributed by atoms with E-state index in [1.54, 1.807) is 19.2 Å². The van der Waals surface area contributed by atoms with Gasteiger partial charge in [0.1, 0.15) is 5.75 Å². The molecule has 0 aliphatic rings. The molecule has 1 rings (SSSR count). The molecule has 1 amide bonds. The van der Waals surface area contributed by atoms with Crippen LogP contribution in [0.1, 0.15) is 63.0 Å². The van der Waals surface area contributed by atoms with E-state index in [9.17, 15) is 9.90 Å². The molecule has 124 valence electrons. The number of ether oxygens (including phenoxy) is 1. The molecule has 1 aromatic carbocycles. The number of nitrogens with one attached hydrogen (secondary N) is 1. The summed E-state index contributed by atoms with van der Waals surface area (Å²) < 4.78 is 4.95. The van der Waals surface area contributed by atoms with E-state index in [0.29, 0.717) is 18.7 Å². The molecule has 4 nitrogen and oxygen atoms in total. The zero-order valence-electron chi connectivity index (χ0n) is 14.8. The van der Waals surface area contributed by atoms with Crippen molar-refractivity contribution in [3.63, 3.8) is 0 Å². The second-order valence-electron chi connectivity index (χ2n) is 7.67. The van der Waals surface area contributed by atoms with Gasteiger partial charge in [-0.05, 0) is 23.0 Å². The highest BCUT2D eigenvalue weighted by molar-refractivity contribution is 5.95. The van der Waals surface area contributed by atoms with Crippen molar-refractivity contribution >= 4 is 5.91 Å². The van der Waals surface area contributed by atoms with Crippen molar-refractivity contribution in [1.82, 2.24) is 5.32 Å². The van der Waals surface area contributed by atoms with Crippen LogP contribution < -0.4 is 5.32 Å². The molecule has 22 heavy (non-hydrogen) atoms. The van der Waals surface area contributed by atoms with Crippen LogP contribution in [0.4, 0.5) is 0 Å². The number of amides is 1. The fourth-order valence-electron chi connectivity index (χ4n) is 2.28. The zero-order valence-corrected chi connectivity index (χ0v) is 14.8. The topological polar surface area (TPSA) is 58.6 Å². The molecule has 0 spiro atoms. The summed E-state index contributed by atoms with van der Waals surface area (Å²) in [6, 6.07) is 3.57. The van der Waals surface area contributed by atoms with Crippen LogP contribution in [0.3, 0.4) is 0 Å². The Hall–Kier alpha value is -1.55. The van der Waals surface area contributed by atoms with Gasteiger partial charge in [0.2, 0.25) is 0 Å². The molecule has 0 radical (unpaired) electrons. The SMILES string of the molecule is COCCNC(=O)c1cc(C(C)(C)C)c(O)c(C(C)(C)C)c1. The number of hydrogen-bond donors (Lipinski definition) is 2. The Balaban J connectivity index is 3.32. The summed E-state index contributed by atoms with van der Waals surface area (Å²) in [5.74, 6) is 0.140. The van der Waals surface area contributed by atoms with Gasteiger partial charge in [-0.2, -0.15) is 0 Å². The van der Waals surface area contributed by atoms with Crippen molar-refractivity contribution in [3.05, 3.63) is 28.8 Å². The number of phenolic OH excluding ortho intramolecular Hbond substituents is 1. The van der Waals surface area contributed by atoms with Gasteiger partial charge in [-0.1, -0.05) is 41.5 Å². The number of aromatic hydroxyl groups is 1. The Morgan fingerprint density at radius 3 is 1.91 bits per heavy atom. The number of phenols is 1. The third-order valence-electron chi connectivity index (χ3n) is 3.58. The van der Waals surface area contributed by atoms with Gasteiger partial charge >= 0.3 is 0 Å². The van der Waals surface area contributed by atoms with E-state index in [-0.39, 0.29) is 22.5 Å². The van der Waals surface area contributed by atoms with Crippen molar-refractivity contribution < 1.29 is 14.6 Å². The van der Waals surface area contributed by atoms with Gasteiger partial charge in [-0.3, -0.25) is 4.79 Å².